The van der Waals surface area contributed by atoms with Gasteiger partial charge in [0, 0.05) is 5.02 Å². The predicted octanol–water partition coefficient (Wildman–Crippen LogP) is 5.21. The van der Waals surface area contributed by atoms with E-state index < -0.39 is 5.54 Å². The first-order valence-corrected chi connectivity index (χ1v) is 10.1. The van der Waals surface area contributed by atoms with Gasteiger partial charge in [0.25, 0.3) is 0 Å². The molecule has 1 aromatic carbocycles. The zero-order valence-electron chi connectivity index (χ0n) is 15.0. The summed E-state index contributed by atoms with van der Waals surface area (Å²) in [6.07, 6.45) is 4.06. The van der Waals surface area contributed by atoms with Gasteiger partial charge in [-0.1, -0.05) is 48.1 Å². The van der Waals surface area contributed by atoms with E-state index in [2.05, 4.69) is 12.2 Å². The van der Waals surface area contributed by atoms with E-state index in [1.165, 1.54) is 6.07 Å². The molecule has 0 heterocycles. The summed E-state index contributed by atoms with van der Waals surface area (Å²) in [6, 6.07) is 3.10. The van der Waals surface area contributed by atoms with Crippen molar-refractivity contribution in [3.8, 4) is 0 Å². The number of esters is 1. The van der Waals surface area contributed by atoms with E-state index in [1.54, 1.807) is 13.0 Å². The zero-order chi connectivity index (χ0) is 19.3. The minimum absolute atomic E-state index is 0.0219. The molecule has 144 valence electrons. The first-order valence-electron chi connectivity index (χ1n) is 8.93. The van der Waals surface area contributed by atoms with Crippen LogP contribution in [0.2, 0.25) is 15.1 Å². The van der Waals surface area contributed by atoms with Crippen LogP contribution >= 0.6 is 34.8 Å². The molecule has 4 nitrogen and oxygen atoms in total. The minimum atomic E-state index is -0.957. The van der Waals surface area contributed by atoms with Gasteiger partial charge in [-0.05, 0) is 56.2 Å². The number of ether oxygens (including phenoxy) is 1. The predicted molar refractivity (Wildman–Crippen MR) is 105 cm³/mol. The second-order valence-corrected chi connectivity index (χ2v) is 7.96. The third-order valence-corrected chi connectivity index (χ3v) is 6.10. The molecule has 1 saturated carbocycles. The van der Waals surface area contributed by atoms with Crippen molar-refractivity contribution in [1.29, 1.82) is 0 Å². The molecule has 1 aliphatic rings. The third kappa shape index (κ3) is 5.05. The number of hydrogen-bond donors (Lipinski definition) is 1. The molecule has 0 unspecified atom stereocenters. The lowest BCUT2D eigenvalue weighted by molar-refractivity contribution is -0.155. The minimum Gasteiger partial charge on any atom is -0.464 e. The molecule has 0 saturated heterocycles. The van der Waals surface area contributed by atoms with Gasteiger partial charge in [0.1, 0.15) is 5.54 Å². The van der Waals surface area contributed by atoms with Crippen LogP contribution in [0.15, 0.2) is 12.1 Å². The van der Waals surface area contributed by atoms with Crippen LogP contribution in [-0.4, -0.2) is 24.0 Å². The maximum absolute atomic E-state index is 12.6. The van der Waals surface area contributed by atoms with E-state index in [0.29, 0.717) is 39.4 Å². The lowest BCUT2D eigenvalue weighted by atomic mass is 9.75. The van der Waals surface area contributed by atoms with E-state index in [1.807, 2.05) is 0 Å². The summed E-state index contributed by atoms with van der Waals surface area (Å²) < 4.78 is 5.24. The molecule has 0 spiro atoms. The number of nitrogens with one attached hydrogen (secondary N) is 1. The Morgan fingerprint density at radius 3 is 2.31 bits per heavy atom. The Balaban J connectivity index is 2.14. The fraction of sp³-hybridized carbons (Fsp3) is 0.579. The van der Waals surface area contributed by atoms with Crippen molar-refractivity contribution in [1.82, 2.24) is 5.32 Å². The van der Waals surface area contributed by atoms with Gasteiger partial charge in [0.15, 0.2) is 0 Å². The molecular weight excluding hydrogens is 397 g/mol. The number of hydrogen-bond acceptors (Lipinski definition) is 3. The SMILES string of the molecule is CCOC(=O)C1(NC(=O)Cc2cc(Cl)c(Cl)cc2Cl)CCC(CC)CC1. The van der Waals surface area contributed by atoms with Gasteiger partial charge in [0.2, 0.25) is 5.91 Å². The summed E-state index contributed by atoms with van der Waals surface area (Å²) in [4.78, 5) is 25.2. The summed E-state index contributed by atoms with van der Waals surface area (Å²) >= 11 is 18.1. The Kier molecular flexibility index (Phi) is 7.63. The Morgan fingerprint density at radius 2 is 1.73 bits per heavy atom. The monoisotopic (exact) mass is 419 g/mol. The van der Waals surface area contributed by atoms with Gasteiger partial charge in [-0.3, -0.25) is 4.79 Å². The van der Waals surface area contributed by atoms with E-state index in [9.17, 15) is 9.59 Å². The normalized spacial score (nSPS) is 22.7. The smallest absolute Gasteiger partial charge is 0.331 e. The van der Waals surface area contributed by atoms with Crippen LogP contribution in [-0.2, 0) is 20.7 Å². The van der Waals surface area contributed by atoms with Gasteiger partial charge < -0.3 is 10.1 Å². The Labute approximate surface area is 169 Å². The summed E-state index contributed by atoms with van der Waals surface area (Å²) in [5.41, 5.74) is -0.388. The molecule has 2 rings (SSSR count). The molecular formula is C19H24Cl3NO3. The topological polar surface area (TPSA) is 55.4 Å². The average Bonchev–Trinajstić information content (AvgIpc) is 2.60. The molecule has 1 aliphatic carbocycles. The van der Waals surface area contributed by atoms with Crippen LogP contribution in [0.4, 0.5) is 0 Å². The van der Waals surface area contributed by atoms with Gasteiger partial charge in [0.05, 0.1) is 23.1 Å². The van der Waals surface area contributed by atoms with Crippen molar-refractivity contribution < 1.29 is 14.3 Å². The number of halogens is 3. The van der Waals surface area contributed by atoms with Crippen LogP contribution in [0.5, 0.6) is 0 Å². The number of carbonyl (C=O) groups excluding carboxylic acids is 2. The summed E-state index contributed by atoms with van der Waals surface area (Å²) in [6.45, 7) is 4.19. The summed E-state index contributed by atoms with van der Waals surface area (Å²) in [5.74, 6) is -0.0598. The molecule has 0 radical (unpaired) electrons. The van der Waals surface area contributed by atoms with Crippen molar-refractivity contribution >= 4 is 46.7 Å². The molecule has 1 N–H and O–H groups in total. The van der Waals surface area contributed by atoms with Gasteiger partial charge in [-0.25, -0.2) is 4.79 Å². The lowest BCUT2D eigenvalue weighted by Gasteiger charge is -2.38. The lowest BCUT2D eigenvalue weighted by Crippen LogP contribution is -2.57. The largest absolute Gasteiger partial charge is 0.464 e. The van der Waals surface area contributed by atoms with Crippen LogP contribution in [0.1, 0.15) is 51.5 Å². The molecule has 1 aromatic rings. The van der Waals surface area contributed by atoms with Gasteiger partial charge in [-0.15, -0.1) is 0 Å². The van der Waals surface area contributed by atoms with E-state index in [4.69, 9.17) is 39.5 Å². The summed E-state index contributed by atoms with van der Waals surface area (Å²) in [5, 5.41) is 3.96. The van der Waals surface area contributed by atoms with Crippen molar-refractivity contribution in [3.63, 3.8) is 0 Å². The first kappa shape index (κ1) is 21.3. The highest BCUT2D eigenvalue weighted by Crippen LogP contribution is 2.35. The first-order chi connectivity index (χ1) is 12.3. The number of benzene rings is 1. The van der Waals surface area contributed by atoms with E-state index in [0.717, 1.165) is 19.3 Å². The second-order valence-electron chi connectivity index (χ2n) is 6.74. The fourth-order valence-electron chi connectivity index (χ4n) is 3.41. The number of amides is 1. The molecule has 0 aliphatic heterocycles. The zero-order valence-corrected chi connectivity index (χ0v) is 17.3. The Morgan fingerprint density at radius 1 is 1.12 bits per heavy atom. The molecule has 1 amide bonds. The third-order valence-electron chi connectivity index (χ3n) is 5.02. The van der Waals surface area contributed by atoms with Crippen LogP contribution in [0.3, 0.4) is 0 Å². The van der Waals surface area contributed by atoms with E-state index in [-0.39, 0.29) is 24.9 Å². The quantitative estimate of drug-likeness (QED) is 0.508. The summed E-state index contributed by atoms with van der Waals surface area (Å²) in [7, 11) is 0. The standard InChI is InChI=1S/C19H24Cl3NO3/c1-3-12-5-7-19(8-6-12,18(25)26-4-2)23-17(24)10-13-9-15(21)16(22)11-14(13)20/h9,11-12H,3-8,10H2,1-2H3,(H,23,24). The Bertz CT molecular complexity index is 670. The number of rotatable bonds is 6. The van der Waals surface area contributed by atoms with Gasteiger partial charge in [-0.2, -0.15) is 0 Å². The highest BCUT2D eigenvalue weighted by atomic mass is 35.5. The van der Waals surface area contributed by atoms with Crippen LogP contribution in [0.25, 0.3) is 0 Å². The van der Waals surface area contributed by atoms with Gasteiger partial charge >= 0.3 is 5.97 Å². The average molecular weight is 421 g/mol. The van der Waals surface area contributed by atoms with Crippen molar-refractivity contribution in [3.05, 3.63) is 32.8 Å². The molecule has 0 aromatic heterocycles. The molecule has 26 heavy (non-hydrogen) atoms. The fourth-order valence-corrected chi connectivity index (χ4v) is 4.05. The van der Waals surface area contributed by atoms with Crippen LogP contribution in [0, 0.1) is 5.92 Å². The second kappa shape index (κ2) is 9.29. The number of carbonyl (C=O) groups is 2. The van der Waals surface area contributed by atoms with Crippen molar-refractivity contribution in [2.24, 2.45) is 5.92 Å². The highest BCUT2D eigenvalue weighted by molar-refractivity contribution is 6.43. The van der Waals surface area contributed by atoms with Crippen LogP contribution < -0.4 is 5.32 Å². The molecule has 0 bridgehead atoms. The van der Waals surface area contributed by atoms with Crippen molar-refractivity contribution in [2.75, 3.05) is 6.61 Å². The Hall–Kier alpha value is -0.970. The molecule has 7 heteroatoms. The maximum atomic E-state index is 12.6. The molecule has 0 atom stereocenters. The van der Waals surface area contributed by atoms with E-state index >= 15 is 0 Å². The van der Waals surface area contributed by atoms with Crippen molar-refractivity contribution in [2.45, 2.75) is 57.9 Å². The molecule has 1 fully saturated rings. The maximum Gasteiger partial charge on any atom is 0.331 e. The highest BCUT2D eigenvalue weighted by Gasteiger charge is 2.44.